The molecule has 0 unspecified atom stereocenters. The van der Waals surface area contributed by atoms with Crippen molar-refractivity contribution in [3.8, 4) is 0 Å². The Hall–Kier alpha value is -2.21. The second-order valence-corrected chi connectivity index (χ2v) is 5.05. The Morgan fingerprint density at radius 2 is 1.91 bits per heavy atom. The zero-order valence-corrected chi connectivity index (χ0v) is 12.4. The van der Waals surface area contributed by atoms with Crippen LogP contribution in [0.1, 0.15) is 12.5 Å². The van der Waals surface area contributed by atoms with Crippen molar-refractivity contribution in [3.05, 3.63) is 41.7 Å². The van der Waals surface area contributed by atoms with E-state index in [0.29, 0.717) is 31.9 Å². The van der Waals surface area contributed by atoms with E-state index in [2.05, 4.69) is 5.32 Å². The Kier molecular flexibility index (Phi) is 5.66. The minimum absolute atomic E-state index is 0.119. The van der Waals surface area contributed by atoms with Crippen LogP contribution in [-0.4, -0.2) is 49.1 Å². The van der Waals surface area contributed by atoms with Crippen molar-refractivity contribution in [1.82, 2.24) is 10.2 Å². The predicted octanol–water partition coefficient (Wildman–Crippen LogP) is 1.20. The van der Waals surface area contributed by atoms with Gasteiger partial charge in [0.1, 0.15) is 11.9 Å². The van der Waals surface area contributed by atoms with Gasteiger partial charge in [0.25, 0.3) is 0 Å². The molecule has 1 saturated heterocycles. The van der Waals surface area contributed by atoms with Crippen molar-refractivity contribution < 1.29 is 18.7 Å². The van der Waals surface area contributed by atoms with E-state index in [1.165, 1.54) is 18.2 Å². The Labute approximate surface area is 128 Å². The zero-order chi connectivity index (χ0) is 15.9. The molecule has 118 valence electrons. The highest BCUT2D eigenvalue weighted by atomic mass is 19.1. The first-order chi connectivity index (χ1) is 10.6. The van der Waals surface area contributed by atoms with Gasteiger partial charge in [-0.25, -0.2) is 4.39 Å². The minimum Gasteiger partial charge on any atom is -0.378 e. The molecule has 1 aliphatic heterocycles. The summed E-state index contributed by atoms with van der Waals surface area (Å²) in [6.45, 7) is 3.80. The molecule has 0 radical (unpaired) electrons. The molecule has 1 aromatic rings. The van der Waals surface area contributed by atoms with E-state index < -0.39 is 6.04 Å². The first kappa shape index (κ1) is 16.2. The van der Waals surface area contributed by atoms with Crippen molar-refractivity contribution in [2.24, 2.45) is 0 Å². The topological polar surface area (TPSA) is 58.6 Å². The summed E-state index contributed by atoms with van der Waals surface area (Å²) in [5.74, 6) is -0.809. The highest BCUT2D eigenvalue weighted by Crippen LogP contribution is 2.05. The van der Waals surface area contributed by atoms with Gasteiger partial charge in [0.2, 0.25) is 11.8 Å². The molecule has 1 aliphatic rings. The molecule has 1 N–H and O–H groups in total. The summed E-state index contributed by atoms with van der Waals surface area (Å²) in [5.41, 5.74) is 0.712. The molecular weight excluding hydrogens is 287 g/mol. The molecule has 0 spiro atoms. The number of carbonyl (C=O) groups excluding carboxylic acids is 2. The van der Waals surface area contributed by atoms with Crippen molar-refractivity contribution in [2.75, 3.05) is 26.3 Å². The molecule has 6 heteroatoms. The van der Waals surface area contributed by atoms with Crippen LogP contribution in [0.5, 0.6) is 0 Å². The van der Waals surface area contributed by atoms with E-state index in [4.69, 9.17) is 4.74 Å². The first-order valence-electron chi connectivity index (χ1n) is 7.17. The van der Waals surface area contributed by atoms with E-state index in [0.717, 1.165) is 0 Å². The lowest BCUT2D eigenvalue weighted by molar-refractivity contribution is -0.138. The van der Waals surface area contributed by atoms with Crippen molar-refractivity contribution >= 4 is 17.9 Å². The van der Waals surface area contributed by atoms with Gasteiger partial charge in [0, 0.05) is 19.2 Å². The smallest absolute Gasteiger partial charge is 0.245 e. The normalized spacial score (nSPS) is 16.5. The van der Waals surface area contributed by atoms with Crippen LogP contribution in [-0.2, 0) is 14.3 Å². The number of benzene rings is 1. The maximum Gasteiger partial charge on any atom is 0.245 e. The highest BCUT2D eigenvalue weighted by molar-refractivity contribution is 5.95. The fourth-order valence-corrected chi connectivity index (χ4v) is 2.13. The summed E-state index contributed by atoms with van der Waals surface area (Å²) >= 11 is 0. The molecule has 22 heavy (non-hydrogen) atoms. The number of hydrogen-bond acceptors (Lipinski definition) is 3. The molecule has 0 aromatic heterocycles. The number of hydrogen-bond donors (Lipinski definition) is 1. The van der Waals surface area contributed by atoms with Gasteiger partial charge in [-0.05, 0) is 30.7 Å². The number of nitrogens with one attached hydrogen (secondary N) is 1. The van der Waals surface area contributed by atoms with E-state index in [1.54, 1.807) is 30.0 Å². The Bertz CT molecular complexity index is 551. The van der Waals surface area contributed by atoms with Crippen molar-refractivity contribution in [3.63, 3.8) is 0 Å². The second kappa shape index (κ2) is 7.70. The molecule has 2 amide bonds. The number of carbonyl (C=O) groups is 2. The Balaban J connectivity index is 1.85. The summed E-state index contributed by atoms with van der Waals surface area (Å²) in [4.78, 5) is 25.6. The van der Waals surface area contributed by atoms with Gasteiger partial charge < -0.3 is 15.0 Å². The van der Waals surface area contributed by atoms with Crippen LogP contribution in [0.2, 0.25) is 0 Å². The maximum absolute atomic E-state index is 12.8. The highest BCUT2D eigenvalue weighted by Gasteiger charge is 2.22. The Morgan fingerprint density at radius 3 is 2.55 bits per heavy atom. The molecule has 0 bridgehead atoms. The van der Waals surface area contributed by atoms with Crippen LogP contribution < -0.4 is 5.32 Å². The SMILES string of the molecule is C[C@@H](NC(=O)/C=C\c1ccc(F)cc1)C(=O)N1CCOCC1. The lowest BCUT2D eigenvalue weighted by Gasteiger charge is -2.29. The van der Waals surface area contributed by atoms with E-state index in [9.17, 15) is 14.0 Å². The lowest BCUT2D eigenvalue weighted by Crippen LogP contribution is -2.50. The quantitative estimate of drug-likeness (QED) is 0.851. The first-order valence-corrected chi connectivity index (χ1v) is 7.17. The molecule has 1 aromatic carbocycles. The Morgan fingerprint density at radius 1 is 1.27 bits per heavy atom. The van der Waals surface area contributed by atoms with Gasteiger partial charge >= 0.3 is 0 Å². The fraction of sp³-hybridized carbons (Fsp3) is 0.375. The van der Waals surface area contributed by atoms with Crippen molar-refractivity contribution in [1.29, 1.82) is 0 Å². The largest absolute Gasteiger partial charge is 0.378 e. The van der Waals surface area contributed by atoms with Crippen LogP contribution in [0.15, 0.2) is 30.3 Å². The van der Waals surface area contributed by atoms with Crippen LogP contribution in [0, 0.1) is 5.82 Å². The maximum atomic E-state index is 12.8. The van der Waals surface area contributed by atoms with E-state index in [1.807, 2.05) is 0 Å². The van der Waals surface area contributed by atoms with Gasteiger partial charge in [-0.1, -0.05) is 12.1 Å². The van der Waals surface area contributed by atoms with Gasteiger partial charge in [-0.3, -0.25) is 9.59 Å². The number of rotatable bonds is 4. The third-order valence-corrected chi connectivity index (χ3v) is 3.35. The molecule has 1 fully saturated rings. The van der Waals surface area contributed by atoms with E-state index >= 15 is 0 Å². The zero-order valence-electron chi connectivity index (χ0n) is 12.4. The molecule has 1 atom stereocenters. The molecule has 1 heterocycles. The molecule has 0 aliphatic carbocycles. The standard InChI is InChI=1S/C16H19FN2O3/c1-12(16(21)19-8-10-22-11-9-19)18-15(20)7-4-13-2-5-14(17)6-3-13/h2-7,12H,8-11H2,1H3,(H,18,20)/b7-4-/t12-/m1/s1. The number of ether oxygens (including phenoxy) is 1. The summed E-state index contributed by atoms with van der Waals surface area (Å²) < 4.78 is 18.0. The van der Waals surface area contributed by atoms with Gasteiger partial charge in [-0.2, -0.15) is 0 Å². The van der Waals surface area contributed by atoms with Crippen LogP contribution in [0.25, 0.3) is 6.08 Å². The average Bonchev–Trinajstić information content (AvgIpc) is 2.54. The molecule has 0 saturated carbocycles. The van der Waals surface area contributed by atoms with Crippen LogP contribution in [0.4, 0.5) is 4.39 Å². The number of amides is 2. The van der Waals surface area contributed by atoms with Crippen LogP contribution in [0.3, 0.4) is 0 Å². The second-order valence-electron chi connectivity index (χ2n) is 5.05. The van der Waals surface area contributed by atoms with Crippen molar-refractivity contribution in [2.45, 2.75) is 13.0 Å². The fourth-order valence-electron chi connectivity index (χ4n) is 2.13. The number of nitrogens with zero attached hydrogens (tertiary/aromatic N) is 1. The molecular formula is C16H19FN2O3. The molecule has 2 rings (SSSR count). The molecule has 5 nitrogen and oxygen atoms in total. The minimum atomic E-state index is -0.594. The third-order valence-electron chi connectivity index (χ3n) is 3.35. The average molecular weight is 306 g/mol. The third kappa shape index (κ3) is 4.66. The summed E-state index contributed by atoms with van der Waals surface area (Å²) in [7, 11) is 0. The number of morpholine rings is 1. The monoisotopic (exact) mass is 306 g/mol. The van der Waals surface area contributed by atoms with Gasteiger partial charge in [0.05, 0.1) is 13.2 Å². The van der Waals surface area contributed by atoms with E-state index in [-0.39, 0.29) is 17.6 Å². The number of halogens is 1. The summed E-state index contributed by atoms with van der Waals surface area (Å²) in [6.07, 6.45) is 2.90. The summed E-state index contributed by atoms with van der Waals surface area (Å²) in [6, 6.07) is 5.19. The van der Waals surface area contributed by atoms with Crippen LogP contribution >= 0.6 is 0 Å². The summed E-state index contributed by atoms with van der Waals surface area (Å²) in [5, 5.41) is 2.63. The van der Waals surface area contributed by atoms with Gasteiger partial charge in [-0.15, -0.1) is 0 Å². The lowest BCUT2D eigenvalue weighted by atomic mass is 10.2. The predicted molar refractivity (Wildman–Crippen MR) is 80.4 cm³/mol. The van der Waals surface area contributed by atoms with Gasteiger partial charge in [0.15, 0.2) is 0 Å².